The van der Waals surface area contributed by atoms with E-state index in [1.807, 2.05) is 18.0 Å². The number of ether oxygens (including phenoxy) is 2. The summed E-state index contributed by atoms with van der Waals surface area (Å²) in [6.07, 6.45) is 1.27. The molecule has 1 spiro atoms. The Morgan fingerprint density at radius 2 is 1.86 bits per heavy atom. The Morgan fingerprint density at radius 3 is 2.66 bits per heavy atom. The number of carbonyl (C=O) groups is 2. The number of nitrogens with one attached hydrogen (secondary N) is 1. The summed E-state index contributed by atoms with van der Waals surface area (Å²) >= 11 is 6.05. The highest BCUT2D eigenvalue weighted by atomic mass is 35.5. The highest BCUT2D eigenvalue weighted by Gasteiger charge is 2.45. The first-order chi connectivity index (χ1) is 14.0. The second kappa shape index (κ2) is 6.56. The van der Waals surface area contributed by atoms with Crippen LogP contribution in [0.1, 0.15) is 33.6 Å². The van der Waals surface area contributed by atoms with Crippen molar-refractivity contribution in [1.29, 1.82) is 0 Å². The molecule has 8 heteroatoms. The van der Waals surface area contributed by atoms with E-state index in [4.69, 9.17) is 21.1 Å². The lowest BCUT2D eigenvalue weighted by Crippen LogP contribution is -2.67. The number of nitrogens with zero attached hydrogens (tertiary/aromatic N) is 2. The number of hydrogen-bond donors (Lipinski definition) is 1. The number of anilines is 1. The SMILES string of the molecule is CN1c2ccc(Cl)cc2C(=O)NC12CCN(C(=O)c1ccc3c(c1)OCO3)CC2. The van der Waals surface area contributed by atoms with E-state index < -0.39 is 5.66 Å². The fourth-order valence-electron chi connectivity index (χ4n) is 4.33. The van der Waals surface area contributed by atoms with Crippen LogP contribution in [0.3, 0.4) is 0 Å². The van der Waals surface area contributed by atoms with E-state index in [-0.39, 0.29) is 18.6 Å². The van der Waals surface area contributed by atoms with Crippen molar-refractivity contribution >= 4 is 29.1 Å². The van der Waals surface area contributed by atoms with Gasteiger partial charge in [-0.2, -0.15) is 0 Å². The summed E-state index contributed by atoms with van der Waals surface area (Å²) in [5, 5.41) is 3.69. The molecule has 3 aliphatic rings. The molecule has 1 saturated heterocycles. The van der Waals surface area contributed by atoms with Gasteiger partial charge in [0.05, 0.1) is 11.3 Å². The predicted molar refractivity (Wildman–Crippen MR) is 108 cm³/mol. The lowest BCUT2D eigenvalue weighted by atomic mass is 9.90. The highest BCUT2D eigenvalue weighted by Crippen LogP contribution is 2.38. The van der Waals surface area contributed by atoms with Crippen LogP contribution in [0, 0.1) is 0 Å². The average molecular weight is 414 g/mol. The van der Waals surface area contributed by atoms with Crippen LogP contribution >= 0.6 is 11.6 Å². The maximum Gasteiger partial charge on any atom is 0.255 e. The van der Waals surface area contributed by atoms with E-state index in [9.17, 15) is 9.59 Å². The molecule has 2 amide bonds. The van der Waals surface area contributed by atoms with Crippen LogP contribution in [0.2, 0.25) is 5.02 Å². The van der Waals surface area contributed by atoms with E-state index in [0.29, 0.717) is 53.6 Å². The second-order valence-electron chi connectivity index (χ2n) is 7.57. The molecular weight excluding hydrogens is 394 g/mol. The molecule has 0 aliphatic carbocycles. The minimum absolute atomic E-state index is 0.0462. The lowest BCUT2D eigenvalue weighted by Gasteiger charge is -2.51. The quantitative estimate of drug-likeness (QED) is 0.778. The number of piperidine rings is 1. The molecule has 150 valence electrons. The van der Waals surface area contributed by atoms with Crippen LogP contribution in [-0.4, -0.2) is 49.3 Å². The summed E-state index contributed by atoms with van der Waals surface area (Å²) in [6.45, 7) is 1.26. The van der Waals surface area contributed by atoms with Gasteiger partial charge in [-0.05, 0) is 36.4 Å². The van der Waals surface area contributed by atoms with E-state index in [2.05, 4.69) is 10.2 Å². The zero-order valence-electron chi connectivity index (χ0n) is 15.9. The zero-order valence-corrected chi connectivity index (χ0v) is 16.7. The molecule has 0 saturated carbocycles. The third-order valence-corrected chi connectivity index (χ3v) is 6.29. The molecule has 2 aromatic carbocycles. The largest absolute Gasteiger partial charge is 0.454 e. The average Bonchev–Trinajstić information content (AvgIpc) is 3.20. The Kier molecular flexibility index (Phi) is 4.10. The van der Waals surface area contributed by atoms with Crippen molar-refractivity contribution in [3.8, 4) is 11.5 Å². The van der Waals surface area contributed by atoms with Crippen molar-refractivity contribution in [2.24, 2.45) is 0 Å². The maximum atomic E-state index is 13.0. The Balaban J connectivity index is 1.34. The van der Waals surface area contributed by atoms with Crippen molar-refractivity contribution in [2.45, 2.75) is 18.5 Å². The highest BCUT2D eigenvalue weighted by molar-refractivity contribution is 6.31. The molecule has 0 unspecified atom stereocenters. The van der Waals surface area contributed by atoms with E-state index >= 15 is 0 Å². The number of amides is 2. The number of rotatable bonds is 1. The summed E-state index contributed by atoms with van der Waals surface area (Å²) in [4.78, 5) is 29.6. The summed E-state index contributed by atoms with van der Waals surface area (Å²) in [5.41, 5.74) is 1.49. The Hall–Kier alpha value is -2.93. The van der Waals surface area contributed by atoms with Gasteiger partial charge in [0, 0.05) is 43.6 Å². The van der Waals surface area contributed by atoms with Gasteiger partial charge >= 0.3 is 0 Å². The van der Waals surface area contributed by atoms with Gasteiger partial charge in [0.2, 0.25) is 6.79 Å². The molecule has 0 bridgehead atoms. The molecule has 0 radical (unpaired) electrons. The van der Waals surface area contributed by atoms with Crippen LogP contribution in [0.4, 0.5) is 5.69 Å². The van der Waals surface area contributed by atoms with Gasteiger partial charge in [-0.3, -0.25) is 9.59 Å². The number of fused-ring (bicyclic) bond motifs is 2. The number of carbonyl (C=O) groups excluding carboxylic acids is 2. The fraction of sp³-hybridized carbons (Fsp3) is 0.333. The first-order valence-electron chi connectivity index (χ1n) is 9.52. The van der Waals surface area contributed by atoms with Crippen molar-refractivity contribution in [3.05, 3.63) is 52.5 Å². The van der Waals surface area contributed by atoms with E-state index in [1.54, 1.807) is 30.3 Å². The number of likely N-dealkylation sites (tertiary alicyclic amines) is 1. The van der Waals surface area contributed by atoms with Gasteiger partial charge in [0.15, 0.2) is 11.5 Å². The minimum atomic E-state index is -0.510. The smallest absolute Gasteiger partial charge is 0.255 e. The van der Waals surface area contributed by atoms with Gasteiger partial charge in [-0.1, -0.05) is 11.6 Å². The molecule has 0 aromatic heterocycles. The van der Waals surface area contributed by atoms with Crippen LogP contribution < -0.4 is 19.7 Å². The molecule has 1 fully saturated rings. The zero-order chi connectivity index (χ0) is 20.2. The van der Waals surface area contributed by atoms with Crippen LogP contribution in [0.15, 0.2) is 36.4 Å². The molecule has 0 atom stereocenters. The van der Waals surface area contributed by atoms with Crippen LogP contribution in [0.5, 0.6) is 11.5 Å². The first-order valence-corrected chi connectivity index (χ1v) is 9.89. The third kappa shape index (κ3) is 2.88. The van der Waals surface area contributed by atoms with Gasteiger partial charge < -0.3 is 24.6 Å². The van der Waals surface area contributed by atoms with Crippen molar-refractivity contribution in [3.63, 3.8) is 0 Å². The van der Waals surface area contributed by atoms with Gasteiger partial charge in [-0.25, -0.2) is 0 Å². The van der Waals surface area contributed by atoms with Gasteiger partial charge in [0.1, 0.15) is 5.66 Å². The molecular formula is C21H20ClN3O4. The maximum absolute atomic E-state index is 13.0. The van der Waals surface area contributed by atoms with E-state index in [0.717, 1.165) is 5.69 Å². The Labute approximate surface area is 173 Å². The van der Waals surface area contributed by atoms with Crippen LogP contribution in [0.25, 0.3) is 0 Å². The number of benzene rings is 2. The first kappa shape index (κ1) is 18.1. The lowest BCUT2D eigenvalue weighted by molar-refractivity contribution is 0.0608. The summed E-state index contributed by atoms with van der Waals surface area (Å²) in [6, 6.07) is 10.6. The number of halogens is 1. The normalized spacial score (nSPS) is 19.2. The van der Waals surface area contributed by atoms with Crippen molar-refractivity contribution in [2.75, 3.05) is 31.8 Å². The molecule has 5 rings (SSSR count). The molecule has 1 N–H and O–H groups in total. The third-order valence-electron chi connectivity index (χ3n) is 6.05. The molecule has 3 heterocycles. The van der Waals surface area contributed by atoms with Gasteiger partial charge in [0.25, 0.3) is 11.8 Å². The second-order valence-corrected chi connectivity index (χ2v) is 8.00. The van der Waals surface area contributed by atoms with Crippen LogP contribution in [-0.2, 0) is 0 Å². The summed E-state index contributed by atoms with van der Waals surface area (Å²) < 4.78 is 10.7. The fourth-order valence-corrected chi connectivity index (χ4v) is 4.50. The Bertz CT molecular complexity index is 1020. The predicted octanol–water partition coefficient (Wildman–Crippen LogP) is 2.88. The number of hydrogen-bond acceptors (Lipinski definition) is 5. The molecule has 29 heavy (non-hydrogen) atoms. The van der Waals surface area contributed by atoms with Crippen molar-refractivity contribution < 1.29 is 19.1 Å². The Morgan fingerprint density at radius 1 is 1.10 bits per heavy atom. The monoisotopic (exact) mass is 413 g/mol. The summed E-state index contributed by atoms with van der Waals surface area (Å²) in [7, 11) is 1.97. The summed E-state index contributed by atoms with van der Waals surface area (Å²) in [5.74, 6) is 1.08. The topological polar surface area (TPSA) is 71.1 Å². The van der Waals surface area contributed by atoms with Crippen molar-refractivity contribution in [1.82, 2.24) is 10.2 Å². The van der Waals surface area contributed by atoms with E-state index in [1.165, 1.54) is 0 Å². The molecule has 2 aromatic rings. The minimum Gasteiger partial charge on any atom is -0.454 e. The molecule has 7 nitrogen and oxygen atoms in total. The van der Waals surface area contributed by atoms with Gasteiger partial charge in [-0.15, -0.1) is 0 Å². The standard InChI is InChI=1S/C21H20ClN3O4/c1-24-16-4-3-14(22)11-15(16)19(26)23-21(24)6-8-25(9-7-21)20(27)13-2-5-17-18(10-13)29-12-28-17/h2-5,10-11H,6-9,12H2,1H3,(H,23,26). The molecule has 3 aliphatic heterocycles.